The van der Waals surface area contributed by atoms with Crippen LogP contribution in [0.25, 0.3) is 0 Å². The highest BCUT2D eigenvalue weighted by molar-refractivity contribution is 6.32. The second kappa shape index (κ2) is 9.91. The molecule has 30 heavy (non-hydrogen) atoms. The molecule has 0 radical (unpaired) electrons. The summed E-state index contributed by atoms with van der Waals surface area (Å²) in [6, 6.07) is 13.4. The molecule has 0 aliphatic rings. The molecule has 1 aromatic heterocycles. The van der Waals surface area contributed by atoms with E-state index < -0.39 is 4.92 Å². The Labute approximate surface area is 182 Å². The van der Waals surface area contributed by atoms with Crippen molar-refractivity contribution in [3.8, 4) is 11.5 Å². The van der Waals surface area contributed by atoms with Crippen molar-refractivity contribution in [2.24, 2.45) is 5.10 Å². The highest BCUT2D eigenvalue weighted by Crippen LogP contribution is 2.37. The lowest BCUT2D eigenvalue weighted by Gasteiger charge is -2.14. The molecule has 0 atom stereocenters. The number of hydrogen-bond donors (Lipinski definition) is 1. The van der Waals surface area contributed by atoms with Crippen LogP contribution in [-0.4, -0.2) is 23.2 Å². The minimum atomic E-state index is -0.546. The maximum atomic E-state index is 11.0. The lowest BCUT2D eigenvalue weighted by atomic mass is 10.2. The fraction of sp³-hybridized carbons (Fsp3) is 0.100. The molecule has 0 amide bonds. The normalized spacial score (nSPS) is 10.8. The van der Waals surface area contributed by atoms with E-state index in [1.54, 1.807) is 18.2 Å². The average molecular weight is 447 g/mol. The van der Waals surface area contributed by atoms with Crippen molar-refractivity contribution < 1.29 is 14.4 Å². The first-order valence-corrected chi connectivity index (χ1v) is 9.37. The van der Waals surface area contributed by atoms with Gasteiger partial charge in [-0.2, -0.15) is 5.10 Å². The number of nitro groups is 1. The van der Waals surface area contributed by atoms with Crippen molar-refractivity contribution in [2.75, 3.05) is 12.5 Å². The standard InChI is InChI=1S/C20H16Cl2N4O4/c1-29-18-10-13(11-24-25-20-17(26(27)28)7-4-8-23-20)9-16(22)19(18)30-12-14-5-2-3-6-15(14)21/h2-11H,12H2,1H3,(H,23,25)/b24-11-. The molecule has 0 spiro atoms. The Morgan fingerprint density at radius 3 is 2.73 bits per heavy atom. The van der Waals surface area contributed by atoms with Gasteiger partial charge in [-0.15, -0.1) is 0 Å². The van der Waals surface area contributed by atoms with Gasteiger partial charge in [0, 0.05) is 22.8 Å². The summed E-state index contributed by atoms with van der Waals surface area (Å²) < 4.78 is 11.2. The maximum Gasteiger partial charge on any atom is 0.313 e. The third kappa shape index (κ3) is 5.16. The smallest absolute Gasteiger partial charge is 0.313 e. The van der Waals surface area contributed by atoms with Gasteiger partial charge >= 0.3 is 5.69 Å². The summed E-state index contributed by atoms with van der Waals surface area (Å²) in [5.41, 5.74) is 3.77. The number of benzene rings is 2. The van der Waals surface area contributed by atoms with Gasteiger partial charge in [-0.1, -0.05) is 41.4 Å². The minimum absolute atomic E-state index is 0.0245. The summed E-state index contributed by atoms with van der Waals surface area (Å²) in [5.74, 6) is 0.792. The predicted molar refractivity (Wildman–Crippen MR) is 116 cm³/mol. The summed E-state index contributed by atoms with van der Waals surface area (Å²) >= 11 is 12.5. The lowest BCUT2D eigenvalue weighted by molar-refractivity contribution is -0.384. The second-order valence-corrected chi connectivity index (χ2v) is 6.73. The van der Waals surface area contributed by atoms with Crippen LogP contribution in [0.2, 0.25) is 10.0 Å². The molecule has 0 fully saturated rings. The summed E-state index contributed by atoms with van der Waals surface area (Å²) in [6.45, 7) is 0.216. The van der Waals surface area contributed by atoms with Crippen molar-refractivity contribution in [3.05, 3.63) is 86.0 Å². The Morgan fingerprint density at radius 1 is 1.20 bits per heavy atom. The Kier molecular flexibility index (Phi) is 7.05. The number of rotatable bonds is 8. The number of nitrogens with one attached hydrogen (secondary N) is 1. The summed E-state index contributed by atoms with van der Waals surface area (Å²) in [5, 5.41) is 15.9. The van der Waals surface area contributed by atoms with Gasteiger partial charge in [-0.05, 0) is 29.8 Å². The predicted octanol–water partition coefficient (Wildman–Crippen LogP) is 5.33. The molecule has 0 bridgehead atoms. The first-order chi connectivity index (χ1) is 14.5. The fourth-order valence-electron chi connectivity index (χ4n) is 2.52. The molecule has 0 saturated carbocycles. The molecular weight excluding hydrogens is 431 g/mol. The van der Waals surface area contributed by atoms with Gasteiger partial charge in [-0.3, -0.25) is 15.5 Å². The topological polar surface area (TPSA) is 98.9 Å². The molecular formula is C20H16Cl2N4O4. The highest BCUT2D eigenvalue weighted by Gasteiger charge is 2.14. The summed E-state index contributed by atoms with van der Waals surface area (Å²) in [6.07, 6.45) is 2.86. The zero-order chi connectivity index (χ0) is 21.5. The third-order valence-electron chi connectivity index (χ3n) is 3.95. The van der Waals surface area contributed by atoms with Gasteiger partial charge in [0.1, 0.15) is 6.61 Å². The fourth-order valence-corrected chi connectivity index (χ4v) is 2.98. The van der Waals surface area contributed by atoms with E-state index in [-0.39, 0.29) is 18.1 Å². The van der Waals surface area contributed by atoms with Crippen LogP contribution in [0.15, 0.2) is 59.8 Å². The van der Waals surface area contributed by atoms with Crippen LogP contribution >= 0.6 is 23.2 Å². The van der Waals surface area contributed by atoms with Crippen LogP contribution < -0.4 is 14.9 Å². The van der Waals surface area contributed by atoms with Crippen LogP contribution in [0.1, 0.15) is 11.1 Å². The molecule has 3 aromatic rings. The number of halogens is 2. The van der Waals surface area contributed by atoms with E-state index in [9.17, 15) is 10.1 Å². The van der Waals surface area contributed by atoms with E-state index in [0.717, 1.165) is 5.56 Å². The summed E-state index contributed by atoms with van der Waals surface area (Å²) in [7, 11) is 1.49. The van der Waals surface area contributed by atoms with Gasteiger partial charge in [-0.25, -0.2) is 4.98 Å². The lowest BCUT2D eigenvalue weighted by Crippen LogP contribution is -2.01. The first-order valence-electron chi connectivity index (χ1n) is 8.62. The molecule has 0 aliphatic heterocycles. The summed E-state index contributed by atoms with van der Waals surface area (Å²) in [4.78, 5) is 14.4. The number of hydrazone groups is 1. The number of anilines is 1. The van der Waals surface area contributed by atoms with Crippen molar-refractivity contribution in [2.45, 2.75) is 6.61 Å². The molecule has 2 aromatic carbocycles. The van der Waals surface area contributed by atoms with Gasteiger partial charge < -0.3 is 9.47 Å². The second-order valence-electron chi connectivity index (χ2n) is 5.91. The van der Waals surface area contributed by atoms with E-state index in [4.69, 9.17) is 32.7 Å². The number of pyridine rings is 1. The Balaban J connectivity index is 1.76. The first kappa shape index (κ1) is 21.4. The molecule has 3 rings (SSSR count). The maximum absolute atomic E-state index is 11.0. The van der Waals surface area contributed by atoms with Crippen molar-refractivity contribution >= 4 is 40.9 Å². The van der Waals surface area contributed by atoms with E-state index in [2.05, 4.69) is 15.5 Å². The third-order valence-corrected chi connectivity index (χ3v) is 4.60. The Bertz CT molecular complexity index is 1090. The largest absolute Gasteiger partial charge is 0.493 e. The van der Waals surface area contributed by atoms with E-state index in [0.29, 0.717) is 27.1 Å². The van der Waals surface area contributed by atoms with Gasteiger partial charge in [0.2, 0.25) is 5.82 Å². The van der Waals surface area contributed by atoms with E-state index in [1.807, 2.05) is 18.2 Å². The molecule has 8 nitrogen and oxygen atoms in total. The van der Waals surface area contributed by atoms with Gasteiger partial charge in [0.05, 0.1) is 23.3 Å². The highest BCUT2D eigenvalue weighted by atomic mass is 35.5. The van der Waals surface area contributed by atoms with Gasteiger partial charge in [0.15, 0.2) is 11.5 Å². The SMILES string of the molecule is COc1cc(/C=N\Nc2ncccc2[N+](=O)[O-])cc(Cl)c1OCc1ccccc1Cl. The van der Waals surface area contributed by atoms with Crippen LogP contribution in [0, 0.1) is 10.1 Å². The molecule has 1 heterocycles. The van der Waals surface area contributed by atoms with Crippen molar-refractivity contribution in [3.63, 3.8) is 0 Å². The monoisotopic (exact) mass is 446 g/mol. The average Bonchev–Trinajstić information content (AvgIpc) is 2.74. The van der Waals surface area contributed by atoms with E-state index in [1.165, 1.54) is 31.7 Å². The van der Waals surface area contributed by atoms with Crippen LogP contribution in [-0.2, 0) is 6.61 Å². The number of nitrogens with zero attached hydrogens (tertiary/aromatic N) is 3. The van der Waals surface area contributed by atoms with E-state index >= 15 is 0 Å². The zero-order valence-corrected chi connectivity index (χ0v) is 17.2. The van der Waals surface area contributed by atoms with Crippen LogP contribution in [0.3, 0.4) is 0 Å². The quantitative estimate of drug-likeness (QED) is 0.285. The Morgan fingerprint density at radius 2 is 2.00 bits per heavy atom. The molecule has 10 heteroatoms. The molecule has 154 valence electrons. The zero-order valence-electron chi connectivity index (χ0n) is 15.7. The van der Waals surface area contributed by atoms with Crippen LogP contribution in [0.4, 0.5) is 11.5 Å². The van der Waals surface area contributed by atoms with Crippen molar-refractivity contribution in [1.82, 2.24) is 4.98 Å². The molecule has 0 saturated heterocycles. The molecule has 1 N–H and O–H groups in total. The number of methoxy groups -OCH3 is 1. The van der Waals surface area contributed by atoms with Crippen LogP contribution in [0.5, 0.6) is 11.5 Å². The Hall–Kier alpha value is -3.36. The molecule has 0 unspecified atom stereocenters. The minimum Gasteiger partial charge on any atom is -0.493 e. The van der Waals surface area contributed by atoms with Gasteiger partial charge in [0.25, 0.3) is 0 Å². The number of hydrogen-bond acceptors (Lipinski definition) is 7. The number of ether oxygens (including phenoxy) is 2. The van der Waals surface area contributed by atoms with Crippen molar-refractivity contribution in [1.29, 1.82) is 0 Å². The molecule has 0 aliphatic carbocycles. The number of aromatic nitrogens is 1.